The number of pyridine rings is 1. The van der Waals surface area contributed by atoms with Crippen LogP contribution in [0.1, 0.15) is 18.1 Å². The second kappa shape index (κ2) is 7.75. The van der Waals surface area contributed by atoms with E-state index in [1.807, 2.05) is 24.3 Å². The number of hydrogen-bond acceptors (Lipinski definition) is 4. The highest BCUT2D eigenvalue weighted by Crippen LogP contribution is 2.22. The summed E-state index contributed by atoms with van der Waals surface area (Å²) in [5.74, 6) is -0.263. The molecule has 0 fully saturated rings. The van der Waals surface area contributed by atoms with Crippen LogP contribution < -0.4 is 10.0 Å². The molecule has 140 valence electrons. The number of benzene rings is 2. The second-order valence-electron chi connectivity index (χ2n) is 6.08. The molecule has 0 aliphatic rings. The van der Waals surface area contributed by atoms with Gasteiger partial charge in [0.1, 0.15) is 11.6 Å². The maximum atomic E-state index is 13.4. The van der Waals surface area contributed by atoms with Crippen molar-refractivity contribution in [1.29, 1.82) is 0 Å². The average molecular weight is 385 g/mol. The Bertz CT molecular complexity index is 1050. The molecule has 2 aromatic carbocycles. The summed E-state index contributed by atoms with van der Waals surface area (Å²) in [7, 11) is -3.83. The van der Waals surface area contributed by atoms with Crippen LogP contribution in [0.25, 0.3) is 0 Å². The molecular weight excluding hydrogens is 365 g/mol. The average Bonchev–Trinajstić information content (AvgIpc) is 2.65. The summed E-state index contributed by atoms with van der Waals surface area (Å²) in [4.78, 5) is 4.14. The van der Waals surface area contributed by atoms with Gasteiger partial charge in [0.25, 0.3) is 10.0 Å². The van der Waals surface area contributed by atoms with Gasteiger partial charge in [-0.25, -0.2) is 17.8 Å². The van der Waals surface area contributed by atoms with Crippen LogP contribution in [-0.4, -0.2) is 13.4 Å². The van der Waals surface area contributed by atoms with Crippen molar-refractivity contribution in [3.63, 3.8) is 0 Å². The topological polar surface area (TPSA) is 71.1 Å². The van der Waals surface area contributed by atoms with Crippen molar-refractivity contribution in [2.24, 2.45) is 0 Å². The van der Waals surface area contributed by atoms with E-state index in [4.69, 9.17) is 0 Å². The summed E-state index contributed by atoms with van der Waals surface area (Å²) in [6, 6.07) is 14.9. The number of aryl methyl sites for hydroxylation is 2. The highest BCUT2D eigenvalue weighted by atomic mass is 32.2. The van der Waals surface area contributed by atoms with E-state index in [0.29, 0.717) is 0 Å². The monoisotopic (exact) mass is 385 g/mol. The van der Waals surface area contributed by atoms with Gasteiger partial charge < -0.3 is 5.32 Å². The molecule has 0 aliphatic heterocycles. The molecule has 3 aromatic rings. The highest BCUT2D eigenvalue weighted by Gasteiger charge is 2.16. The van der Waals surface area contributed by atoms with Crippen LogP contribution in [0.5, 0.6) is 0 Å². The van der Waals surface area contributed by atoms with E-state index in [1.165, 1.54) is 24.6 Å². The Morgan fingerprint density at radius 1 is 1.07 bits per heavy atom. The van der Waals surface area contributed by atoms with E-state index in [9.17, 15) is 12.8 Å². The Kier molecular flexibility index (Phi) is 5.41. The summed E-state index contributed by atoms with van der Waals surface area (Å²) in [5.41, 5.74) is 3.17. The Labute approximate surface area is 158 Å². The van der Waals surface area contributed by atoms with Gasteiger partial charge in [-0.15, -0.1) is 0 Å². The molecule has 1 aromatic heterocycles. The van der Waals surface area contributed by atoms with Gasteiger partial charge in [0.2, 0.25) is 0 Å². The first-order valence-corrected chi connectivity index (χ1v) is 9.97. The fourth-order valence-electron chi connectivity index (χ4n) is 2.62. The number of hydrogen-bond donors (Lipinski definition) is 2. The second-order valence-corrected chi connectivity index (χ2v) is 7.77. The van der Waals surface area contributed by atoms with Gasteiger partial charge in [-0.2, -0.15) is 0 Å². The zero-order chi connectivity index (χ0) is 19.4. The van der Waals surface area contributed by atoms with Crippen LogP contribution in [-0.2, 0) is 16.4 Å². The summed E-state index contributed by atoms with van der Waals surface area (Å²) in [6.45, 7) is 3.59. The molecule has 0 amide bonds. The molecule has 27 heavy (non-hydrogen) atoms. The van der Waals surface area contributed by atoms with Gasteiger partial charge >= 0.3 is 0 Å². The van der Waals surface area contributed by atoms with Crippen LogP contribution >= 0.6 is 0 Å². The predicted octanol–water partition coefficient (Wildman–Crippen LogP) is 4.64. The van der Waals surface area contributed by atoms with Crippen LogP contribution in [0.4, 0.5) is 21.6 Å². The molecule has 0 unspecified atom stereocenters. The van der Waals surface area contributed by atoms with Crippen LogP contribution in [0, 0.1) is 12.7 Å². The Morgan fingerprint density at radius 3 is 2.52 bits per heavy atom. The predicted molar refractivity (Wildman–Crippen MR) is 105 cm³/mol. The summed E-state index contributed by atoms with van der Waals surface area (Å²) in [5, 5.41) is 3.28. The van der Waals surface area contributed by atoms with Gasteiger partial charge in [0.05, 0.1) is 16.8 Å². The van der Waals surface area contributed by atoms with Gasteiger partial charge in [-0.05, 0) is 60.9 Å². The van der Waals surface area contributed by atoms with Crippen molar-refractivity contribution in [2.45, 2.75) is 25.2 Å². The Morgan fingerprint density at radius 2 is 1.85 bits per heavy atom. The SMILES string of the molecule is CCc1ccccc1Nc1ccc(NS(=O)(=O)c2ccc(F)c(C)c2)nc1. The largest absolute Gasteiger partial charge is 0.354 e. The normalized spacial score (nSPS) is 11.2. The summed E-state index contributed by atoms with van der Waals surface area (Å²) >= 11 is 0. The summed E-state index contributed by atoms with van der Waals surface area (Å²) in [6.07, 6.45) is 2.45. The third-order valence-corrected chi connectivity index (χ3v) is 5.47. The number of halogens is 1. The van der Waals surface area contributed by atoms with E-state index >= 15 is 0 Å². The number of nitrogens with zero attached hydrogens (tertiary/aromatic N) is 1. The number of anilines is 3. The van der Waals surface area contributed by atoms with Crippen molar-refractivity contribution in [1.82, 2.24) is 4.98 Å². The first-order valence-electron chi connectivity index (χ1n) is 8.49. The summed E-state index contributed by atoms with van der Waals surface area (Å²) < 4.78 is 40.6. The lowest BCUT2D eigenvalue weighted by Crippen LogP contribution is -2.14. The van der Waals surface area contributed by atoms with Crippen LogP contribution in [0.2, 0.25) is 0 Å². The Balaban J connectivity index is 1.76. The van der Waals surface area contributed by atoms with Gasteiger partial charge in [-0.1, -0.05) is 25.1 Å². The lowest BCUT2D eigenvalue weighted by molar-refractivity contribution is 0.598. The highest BCUT2D eigenvalue weighted by molar-refractivity contribution is 7.92. The molecule has 3 rings (SSSR count). The van der Waals surface area contributed by atoms with Gasteiger partial charge in [0.15, 0.2) is 0 Å². The van der Waals surface area contributed by atoms with Crippen molar-refractivity contribution in [2.75, 3.05) is 10.0 Å². The van der Waals surface area contributed by atoms with Crippen LogP contribution in [0.3, 0.4) is 0 Å². The molecule has 5 nitrogen and oxygen atoms in total. The third kappa shape index (κ3) is 4.43. The quantitative estimate of drug-likeness (QED) is 0.649. The molecule has 0 atom stereocenters. The molecule has 7 heteroatoms. The first kappa shape index (κ1) is 18.8. The van der Waals surface area contributed by atoms with E-state index in [2.05, 4.69) is 21.9 Å². The van der Waals surface area contributed by atoms with E-state index < -0.39 is 15.8 Å². The fourth-order valence-corrected chi connectivity index (χ4v) is 3.71. The maximum absolute atomic E-state index is 13.4. The van der Waals surface area contributed by atoms with Gasteiger partial charge in [-0.3, -0.25) is 4.72 Å². The number of sulfonamides is 1. The van der Waals surface area contributed by atoms with E-state index in [0.717, 1.165) is 23.9 Å². The third-order valence-electron chi connectivity index (χ3n) is 4.12. The minimum absolute atomic E-state index is 0.0118. The van der Waals surface area contributed by atoms with Crippen molar-refractivity contribution < 1.29 is 12.8 Å². The standard InChI is InChI=1S/C20H20FN3O2S/c1-3-15-6-4-5-7-19(15)23-16-8-11-20(22-13-16)24-27(25,26)17-9-10-18(21)14(2)12-17/h4-13,23H,3H2,1-2H3,(H,22,24). The molecule has 0 radical (unpaired) electrons. The number of aromatic nitrogens is 1. The fraction of sp³-hybridized carbons (Fsp3) is 0.150. The molecule has 0 saturated carbocycles. The van der Waals surface area contributed by atoms with Crippen LogP contribution in [0.15, 0.2) is 65.7 Å². The maximum Gasteiger partial charge on any atom is 0.263 e. The van der Waals surface area contributed by atoms with Gasteiger partial charge in [0, 0.05) is 5.69 Å². The molecule has 2 N–H and O–H groups in total. The molecule has 0 bridgehead atoms. The van der Waals surface area contributed by atoms with Crippen molar-refractivity contribution in [3.8, 4) is 0 Å². The lowest BCUT2D eigenvalue weighted by Gasteiger charge is -2.12. The lowest BCUT2D eigenvalue weighted by atomic mass is 10.1. The van der Waals surface area contributed by atoms with Crippen molar-refractivity contribution in [3.05, 3.63) is 77.7 Å². The molecule has 0 saturated heterocycles. The minimum Gasteiger partial charge on any atom is -0.354 e. The molecular formula is C20H20FN3O2S. The zero-order valence-electron chi connectivity index (χ0n) is 15.0. The number of nitrogens with one attached hydrogen (secondary N) is 2. The first-order chi connectivity index (χ1) is 12.9. The minimum atomic E-state index is -3.83. The zero-order valence-corrected chi connectivity index (χ0v) is 15.8. The number of para-hydroxylation sites is 1. The van der Waals surface area contributed by atoms with E-state index in [1.54, 1.807) is 18.3 Å². The number of rotatable bonds is 6. The van der Waals surface area contributed by atoms with E-state index in [-0.39, 0.29) is 16.3 Å². The van der Waals surface area contributed by atoms with Crippen molar-refractivity contribution >= 4 is 27.2 Å². The molecule has 0 spiro atoms. The smallest absolute Gasteiger partial charge is 0.263 e. The molecule has 0 aliphatic carbocycles. The Hall–Kier alpha value is -2.93. The molecule has 1 heterocycles.